The summed E-state index contributed by atoms with van der Waals surface area (Å²) >= 11 is 0. The molecule has 4 aromatic rings. The zero-order chi connectivity index (χ0) is 15.6. The molecule has 114 valence electrons. The van der Waals surface area contributed by atoms with Crippen LogP contribution in [0.15, 0.2) is 36.7 Å². The summed E-state index contributed by atoms with van der Waals surface area (Å²) in [5.41, 5.74) is 2.94. The first kappa shape index (κ1) is 13.2. The number of benzene rings is 1. The highest BCUT2D eigenvalue weighted by molar-refractivity contribution is 5.60. The highest BCUT2D eigenvalue weighted by Gasteiger charge is 2.11. The maximum absolute atomic E-state index is 4.35. The van der Waals surface area contributed by atoms with Gasteiger partial charge in [0.15, 0.2) is 5.82 Å². The average molecular weight is 308 g/mol. The van der Waals surface area contributed by atoms with Crippen molar-refractivity contribution in [3.63, 3.8) is 0 Å². The Hall–Kier alpha value is -3.43. The van der Waals surface area contributed by atoms with Gasteiger partial charge in [-0.2, -0.15) is 15.1 Å². The Balaban J connectivity index is 1.66. The summed E-state index contributed by atoms with van der Waals surface area (Å²) < 4.78 is 1.81. The molecule has 4 rings (SSSR count). The Kier molecular flexibility index (Phi) is 3.11. The molecule has 3 aromatic heterocycles. The molecule has 0 unspecified atom stereocenters. The molecule has 0 radical (unpaired) electrons. The molecule has 0 aliphatic carbocycles. The third-order valence-corrected chi connectivity index (χ3v) is 3.34. The maximum Gasteiger partial charge on any atom is 0.205 e. The quantitative estimate of drug-likeness (QED) is 0.580. The van der Waals surface area contributed by atoms with Crippen molar-refractivity contribution in [2.24, 2.45) is 0 Å². The number of tetrazole rings is 2. The van der Waals surface area contributed by atoms with Gasteiger partial charge in [0.2, 0.25) is 5.82 Å². The second-order valence-electron chi connectivity index (χ2n) is 4.92. The van der Waals surface area contributed by atoms with Crippen molar-refractivity contribution < 1.29 is 0 Å². The van der Waals surface area contributed by atoms with Crippen molar-refractivity contribution >= 4 is 0 Å². The van der Waals surface area contributed by atoms with Gasteiger partial charge >= 0.3 is 0 Å². The van der Waals surface area contributed by atoms with Crippen molar-refractivity contribution in [2.75, 3.05) is 0 Å². The lowest BCUT2D eigenvalue weighted by Gasteiger charge is -2.07. The van der Waals surface area contributed by atoms with Gasteiger partial charge in [0.1, 0.15) is 6.54 Å². The number of nitrogens with one attached hydrogen (secondary N) is 1. The van der Waals surface area contributed by atoms with E-state index >= 15 is 0 Å². The van der Waals surface area contributed by atoms with Crippen LogP contribution in [0.4, 0.5) is 0 Å². The fraction of sp³-hybridized carbons (Fsp3) is 0.154. The predicted octanol–water partition coefficient (Wildman–Crippen LogP) is 0.396. The summed E-state index contributed by atoms with van der Waals surface area (Å²) in [5.74, 6) is 1.02. The van der Waals surface area contributed by atoms with Gasteiger partial charge in [-0.05, 0) is 29.8 Å². The Morgan fingerprint density at radius 1 is 1.22 bits per heavy atom. The number of hydrogen-bond acceptors (Lipinski definition) is 7. The van der Waals surface area contributed by atoms with Gasteiger partial charge in [-0.1, -0.05) is 17.3 Å². The van der Waals surface area contributed by atoms with Crippen LogP contribution in [0.1, 0.15) is 11.4 Å². The third-order valence-electron chi connectivity index (χ3n) is 3.34. The molecule has 0 aliphatic heterocycles. The van der Waals surface area contributed by atoms with E-state index < -0.39 is 0 Å². The minimum Gasteiger partial charge on any atom is -0.241 e. The number of aromatic amines is 1. The molecule has 0 bridgehead atoms. The van der Waals surface area contributed by atoms with E-state index in [0.29, 0.717) is 18.2 Å². The number of hydrogen-bond donors (Lipinski definition) is 1. The van der Waals surface area contributed by atoms with Gasteiger partial charge in [-0.15, -0.1) is 20.4 Å². The summed E-state index contributed by atoms with van der Waals surface area (Å²) in [6.07, 6.45) is 3.64. The van der Waals surface area contributed by atoms with E-state index in [0.717, 1.165) is 16.8 Å². The molecule has 0 amide bonds. The van der Waals surface area contributed by atoms with Crippen molar-refractivity contribution in [1.29, 1.82) is 0 Å². The van der Waals surface area contributed by atoms with E-state index in [2.05, 4.69) is 41.1 Å². The molecule has 23 heavy (non-hydrogen) atoms. The number of H-pyrrole nitrogens is 1. The second-order valence-corrected chi connectivity index (χ2v) is 4.92. The van der Waals surface area contributed by atoms with E-state index in [-0.39, 0.29) is 0 Å². The van der Waals surface area contributed by atoms with Crippen molar-refractivity contribution in [3.05, 3.63) is 48.0 Å². The van der Waals surface area contributed by atoms with Gasteiger partial charge in [0, 0.05) is 18.0 Å². The molecule has 0 aliphatic rings. The van der Waals surface area contributed by atoms with Gasteiger partial charge in [0.05, 0.1) is 5.69 Å². The van der Waals surface area contributed by atoms with Crippen LogP contribution in [0.3, 0.4) is 0 Å². The highest BCUT2D eigenvalue weighted by Crippen LogP contribution is 2.21. The molecule has 0 fully saturated rings. The van der Waals surface area contributed by atoms with E-state index in [1.165, 1.54) is 4.80 Å². The molecule has 0 atom stereocenters. The average Bonchev–Trinajstić information content (AvgIpc) is 3.31. The lowest BCUT2D eigenvalue weighted by atomic mass is 10.1. The van der Waals surface area contributed by atoms with Crippen molar-refractivity contribution in [2.45, 2.75) is 13.5 Å². The molecule has 3 heterocycles. The van der Waals surface area contributed by atoms with Crippen LogP contribution in [0.25, 0.3) is 17.1 Å². The van der Waals surface area contributed by atoms with Crippen LogP contribution < -0.4 is 0 Å². The molecule has 1 N–H and O–H groups in total. The van der Waals surface area contributed by atoms with Crippen LogP contribution in [-0.4, -0.2) is 50.6 Å². The molecule has 10 nitrogen and oxygen atoms in total. The van der Waals surface area contributed by atoms with Gasteiger partial charge in [-0.3, -0.25) is 0 Å². The smallest absolute Gasteiger partial charge is 0.205 e. The van der Waals surface area contributed by atoms with Crippen LogP contribution >= 0.6 is 0 Å². The van der Waals surface area contributed by atoms with Crippen molar-refractivity contribution in [1.82, 2.24) is 50.6 Å². The topological polar surface area (TPSA) is 116 Å². The summed E-state index contributed by atoms with van der Waals surface area (Å²) in [4.78, 5) is 1.42. The van der Waals surface area contributed by atoms with Crippen LogP contribution in [-0.2, 0) is 6.54 Å². The standard InChI is InChI=1S/C13H12N10/c1-9-3-4-10(7-11(9)22-6-2-5-14-22)13-17-21-23(18-13)8-12-15-19-20-16-12/h2-7H,8H2,1H3,(H,15,16,19,20). The van der Waals surface area contributed by atoms with E-state index in [4.69, 9.17) is 0 Å². The third kappa shape index (κ3) is 2.57. The SMILES string of the molecule is Cc1ccc(-c2nnn(Cc3nn[nH]n3)n2)cc1-n1cccn1. The lowest BCUT2D eigenvalue weighted by molar-refractivity contribution is 0.555. The predicted molar refractivity (Wildman–Crippen MR) is 78.4 cm³/mol. The fourth-order valence-electron chi connectivity index (χ4n) is 2.21. The zero-order valence-electron chi connectivity index (χ0n) is 12.2. The van der Waals surface area contributed by atoms with Crippen LogP contribution in [0.2, 0.25) is 0 Å². The Morgan fingerprint density at radius 3 is 2.96 bits per heavy atom. The maximum atomic E-state index is 4.35. The van der Waals surface area contributed by atoms with Gasteiger partial charge < -0.3 is 0 Å². The number of aryl methyl sites for hydroxylation is 1. The second kappa shape index (κ2) is 5.40. The molecule has 0 saturated carbocycles. The zero-order valence-corrected chi connectivity index (χ0v) is 12.2. The monoisotopic (exact) mass is 308 g/mol. The van der Waals surface area contributed by atoms with Crippen LogP contribution in [0, 0.1) is 6.92 Å². The molecule has 10 heteroatoms. The fourth-order valence-corrected chi connectivity index (χ4v) is 2.21. The lowest BCUT2D eigenvalue weighted by Crippen LogP contribution is -2.05. The highest BCUT2D eigenvalue weighted by atomic mass is 15.6. The van der Waals surface area contributed by atoms with Gasteiger partial charge in [0.25, 0.3) is 0 Å². The first-order valence-electron chi connectivity index (χ1n) is 6.91. The Labute approximate surface area is 130 Å². The van der Waals surface area contributed by atoms with Gasteiger partial charge in [-0.25, -0.2) is 4.68 Å². The van der Waals surface area contributed by atoms with Crippen molar-refractivity contribution in [3.8, 4) is 17.1 Å². The summed E-state index contributed by atoms with van der Waals surface area (Å²) in [6.45, 7) is 2.34. The number of aromatic nitrogens is 10. The summed E-state index contributed by atoms with van der Waals surface area (Å²) in [6, 6.07) is 7.83. The molecule has 1 aromatic carbocycles. The first-order chi connectivity index (χ1) is 11.3. The molecule has 0 spiro atoms. The minimum atomic E-state index is 0.307. The summed E-state index contributed by atoms with van der Waals surface area (Å²) in [7, 11) is 0. The Morgan fingerprint density at radius 2 is 2.17 bits per heavy atom. The first-order valence-corrected chi connectivity index (χ1v) is 6.91. The summed E-state index contributed by atoms with van der Waals surface area (Å²) in [5, 5.41) is 30.3. The molecule has 0 saturated heterocycles. The normalized spacial score (nSPS) is 11.0. The largest absolute Gasteiger partial charge is 0.241 e. The number of rotatable bonds is 4. The number of nitrogens with zero attached hydrogens (tertiary/aromatic N) is 9. The molecular formula is C13H12N10. The van der Waals surface area contributed by atoms with E-state index in [9.17, 15) is 0 Å². The van der Waals surface area contributed by atoms with Crippen LogP contribution in [0.5, 0.6) is 0 Å². The van der Waals surface area contributed by atoms with E-state index in [1.54, 1.807) is 6.20 Å². The molecular weight excluding hydrogens is 296 g/mol. The Bertz CT molecular complexity index is 906. The van der Waals surface area contributed by atoms with E-state index in [1.807, 2.05) is 42.1 Å². The minimum absolute atomic E-state index is 0.307.